The predicted octanol–water partition coefficient (Wildman–Crippen LogP) is 3.07. The lowest BCUT2D eigenvalue weighted by Gasteiger charge is -2.20. The largest absolute Gasteiger partial charge is 0.391 e. The van der Waals surface area contributed by atoms with Crippen molar-refractivity contribution in [3.63, 3.8) is 0 Å². The monoisotopic (exact) mass is 244 g/mol. The molecule has 1 fully saturated rings. The highest BCUT2D eigenvalue weighted by Crippen LogP contribution is 2.34. The maximum atomic E-state index is 10.2. The van der Waals surface area contributed by atoms with Crippen LogP contribution in [0.5, 0.6) is 0 Å². The summed E-state index contributed by atoms with van der Waals surface area (Å²) in [5.41, 5.74) is 2.23. The number of para-hydroxylation sites is 2. The van der Waals surface area contributed by atoms with Gasteiger partial charge in [-0.25, -0.2) is 4.98 Å². The van der Waals surface area contributed by atoms with Crippen LogP contribution in [0.25, 0.3) is 11.0 Å². The molecular weight excluding hydrogens is 224 g/mol. The lowest BCUT2D eigenvalue weighted by atomic mass is 10.2. The van der Waals surface area contributed by atoms with Gasteiger partial charge < -0.3 is 9.67 Å². The number of aliphatic hydroxyl groups excluding tert-OH is 1. The number of benzene rings is 1. The van der Waals surface area contributed by atoms with Gasteiger partial charge in [0.2, 0.25) is 0 Å². The Bertz CT molecular complexity index is 546. The van der Waals surface area contributed by atoms with E-state index in [1.807, 2.05) is 6.07 Å². The van der Waals surface area contributed by atoms with Gasteiger partial charge in [0.15, 0.2) is 0 Å². The summed E-state index contributed by atoms with van der Waals surface area (Å²) in [6.45, 7) is 2.18. The van der Waals surface area contributed by atoms with E-state index in [0.717, 1.165) is 43.4 Å². The number of nitrogens with zero attached hydrogens (tertiary/aromatic N) is 2. The molecule has 1 aromatic carbocycles. The van der Waals surface area contributed by atoms with Crippen molar-refractivity contribution in [2.24, 2.45) is 0 Å². The lowest BCUT2D eigenvalue weighted by molar-refractivity contribution is 0.137. The first kappa shape index (κ1) is 11.7. The van der Waals surface area contributed by atoms with Crippen LogP contribution < -0.4 is 0 Å². The minimum Gasteiger partial charge on any atom is -0.391 e. The molecular formula is C15H20N2O. The molecule has 1 N–H and O–H groups in total. The number of hydrogen-bond acceptors (Lipinski definition) is 2. The highest BCUT2D eigenvalue weighted by molar-refractivity contribution is 5.76. The molecule has 0 aliphatic heterocycles. The Kier molecular flexibility index (Phi) is 3.08. The number of aliphatic hydroxyl groups is 1. The van der Waals surface area contributed by atoms with Crippen LogP contribution in [0.3, 0.4) is 0 Å². The van der Waals surface area contributed by atoms with Crippen molar-refractivity contribution >= 4 is 11.0 Å². The SMILES string of the molecule is CCCc1nc2ccccc2n1C1CCCC1O. The fourth-order valence-corrected chi connectivity index (χ4v) is 3.09. The summed E-state index contributed by atoms with van der Waals surface area (Å²) >= 11 is 0. The topological polar surface area (TPSA) is 38.0 Å². The minimum atomic E-state index is -0.210. The molecule has 3 heteroatoms. The first-order chi connectivity index (χ1) is 8.81. The third kappa shape index (κ3) is 1.83. The summed E-state index contributed by atoms with van der Waals surface area (Å²) in [4.78, 5) is 4.73. The zero-order chi connectivity index (χ0) is 12.5. The van der Waals surface area contributed by atoms with E-state index in [4.69, 9.17) is 4.98 Å². The summed E-state index contributed by atoms with van der Waals surface area (Å²) in [6, 6.07) is 8.48. The zero-order valence-corrected chi connectivity index (χ0v) is 10.8. The van der Waals surface area contributed by atoms with E-state index in [9.17, 15) is 5.11 Å². The quantitative estimate of drug-likeness (QED) is 0.901. The molecule has 0 spiro atoms. The number of hydrogen-bond donors (Lipinski definition) is 1. The predicted molar refractivity (Wildman–Crippen MR) is 72.6 cm³/mol. The Labute approximate surface area is 107 Å². The Morgan fingerprint density at radius 1 is 1.33 bits per heavy atom. The second-order valence-electron chi connectivity index (χ2n) is 5.20. The van der Waals surface area contributed by atoms with Gasteiger partial charge >= 0.3 is 0 Å². The number of rotatable bonds is 3. The van der Waals surface area contributed by atoms with Crippen LogP contribution in [0.2, 0.25) is 0 Å². The molecule has 0 amide bonds. The lowest BCUT2D eigenvalue weighted by Crippen LogP contribution is -2.20. The first-order valence-electron chi connectivity index (χ1n) is 6.95. The molecule has 2 unspecified atom stereocenters. The number of aryl methyl sites for hydroxylation is 1. The van der Waals surface area contributed by atoms with E-state index in [1.54, 1.807) is 0 Å². The van der Waals surface area contributed by atoms with Crippen LogP contribution in [0.1, 0.15) is 44.5 Å². The van der Waals surface area contributed by atoms with Crippen LogP contribution in [-0.4, -0.2) is 20.8 Å². The average molecular weight is 244 g/mol. The molecule has 0 saturated heterocycles. The normalized spacial score (nSPS) is 23.9. The molecule has 1 saturated carbocycles. The molecule has 2 atom stereocenters. The highest BCUT2D eigenvalue weighted by atomic mass is 16.3. The van der Waals surface area contributed by atoms with E-state index in [2.05, 4.69) is 29.7 Å². The molecule has 18 heavy (non-hydrogen) atoms. The van der Waals surface area contributed by atoms with Gasteiger partial charge in [0.25, 0.3) is 0 Å². The average Bonchev–Trinajstić information content (AvgIpc) is 2.93. The molecule has 1 heterocycles. The van der Waals surface area contributed by atoms with Crippen LogP contribution in [-0.2, 0) is 6.42 Å². The molecule has 0 bridgehead atoms. The standard InChI is InChI=1S/C15H20N2O/c1-2-6-15-16-11-7-3-4-8-12(11)17(15)13-9-5-10-14(13)18/h3-4,7-8,13-14,18H,2,5-6,9-10H2,1H3. The Morgan fingerprint density at radius 2 is 2.17 bits per heavy atom. The molecule has 0 radical (unpaired) electrons. The van der Waals surface area contributed by atoms with Crippen LogP contribution in [0.4, 0.5) is 0 Å². The maximum absolute atomic E-state index is 10.2. The second kappa shape index (κ2) is 4.73. The fraction of sp³-hybridized carbons (Fsp3) is 0.533. The molecule has 3 rings (SSSR count). The smallest absolute Gasteiger partial charge is 0.110 e. The fourth-order valence-electron chi connectivity index (χ4n) is 3.09. The zero-order valence-electron chi connectivity index (χ0n) is 10.8. The molecule has 1 aliphatic carbocycles. The van der Waals surface area contributed by atoms with Crippen LogP contribution in [0, 0.1) is 0 Å². The van der Waals surface area contributed by atoms with E-state index in [0.29, 0.717) is 0 Å². The molecule has 3 nitrogen and oxygen atoms in total. The van der Waals surface area contributed by atoms with Gasteiger partial charge in [0.05, 0.1) is 23.2 Å². The van der Waals surface area contributed by atoms with Crippen molar-refractivity contribution in [1.29, 1.82) is 0 Å². The Hall–Kier alpha value is -1.35. The van der Waals surface area contributed by atoms with E-state index >= 15 is 0 Å². The van der Waals surface area contributed by atoms with Crippen molar-refractivity contribution < 1.29 is 5.11 Å². The maximum Gasteiger partial charge on any atom is 0.110 e. The van der Waals surface area contributed by atoms with Gasteiger partial charge in [-0.3, -0.25) is 0 Å². The second-order valence-corrected chi connectivity index (χ2v) is 5.20. The van der Waals surface area contributed by atoms with Crippen LogP contribution in [0.15, 0.2) is 24.3 Å². The molecule has 1 aromatic heterocycles. The van der Waals surface area contributed by atoms with E-state index in [-0.39, 0.29) is 12.1 Å². The van der Waals surface area contributed by atoms with Crippen molar-refractivity contribution in [2.75, 3.05) is 0 Å². The van der Waals surface area contributed by atoms with E-state index in [1.165, 1.54) is 5.52 Å². The Morgan fingerprint density at radius 3 is 2.89 bits per heavy atom. The van der Waals surface area contributed by atoms with Gasteiger partial charge in [-0.05, 0) is 37.8 Å². The third-order valence-corrected chi connectivity index (χ3v) is 3.92. The first-order valence-corrected chi connectivity index (χ1v) is 6.95. The van der Waals surface area contributed by atoms with Crippen molar-refractivity contribution in [1.82, 2.24) is 9.55 Å². The van der Waals surface area contributed by atoms with Crippen molar-refractivity contribution in [2.45, 2.75) is 51.2 Å². The van der Waals surface area contributed by atoms with Gasteiger partial charge in [-0.15, -0.1) is 0 Å². The summed E-state index contributed by atoms with van der Waals surface area (Å²) < 4.78 is 2.29. The number of fused-ring (bicyclic) bond motifs is 1. The number of imidazole rings is 1. The van der Waals surface area contributed by atoms with Crippen molar-refractivity contribution in [3.8, 4) is 0 Å². The van der Waals surface area contributed by atoms with Crippen molar-refractivity contribution in [3.05, 3.63) is 30.1 Å². The summed E-state index contributed by atoms with van der Waals surface area (Å²) in [5.74, 6) is 1.13. The van der Waals surface area contributed by atoms with E-state index < -0.39 is 0 Å². The highest BCUT2D eigenvalue weighted by Gasteiger charge is 2.29. The molecule has 2 aromatic rings. The Balaban J connectivity index is 2.14. The summed E-state index contributed by atoms with van der Waals surface area (Å²) in [7, 11) is 0. The number of aromatic nitrogens is 2. The minimum absolute atomic E-state index is 0.210. The molecule has 96 valence electrons. The van der Waals surface area contributed by atoms with Gasteiger partial charge in [-0.2, -0.15) is 0 Å². The van der Waals surface area contributed by atoms with Gasteiger partial charge in [0.1, 0.15) is 5.82 Å². The molecule has 1 aliphatic rings. The van der Waals surface area contributed by atoms with Gasteiger partial charge in [-0.1, -0.05) is 19.1 Å². The summed E-state index contributed by atoms with van der Waals surface area (Å²) in [6.07, 6.45) is 4.97. The summed E-state index contributed by atoms with van der Waals surface area (Å²) in [5, 5.41) is 10.2. The van der Waals surface area contributed by atoms with Gasteiger partial charge in [0, 0.05) is 6.42 Å². The third-order valence-electron chi connectivity index (χ3n) is 3.92. The van der Waals surface area contributed by atoms with Crippen LogP contribution >= 0.6 is 0 Å².